The summed E-state index contributed by atoms with van der Waals surface area (Å²) in [5.41, 5.74) is 0.753. The Bertz CT molecular complexity index is 893. The van der Waals surface area contributed by atoms with Crippen molar-refractivity contribution in [2.75, 3.05) is 6.54 Å². The molecular weight excluding hydrogens is 363 g/mol. The van der Waals surface area contributed by atoms with E-state index in [1.807, 2.05) is 0 Å². The van der Waals surface area contributed by atoms with Gasteiger partial charge in [-0.05, 0) is 42.7 Å². The number of alkyl halides is 3. The van der Waals surface area contributed by atoms with Gasteiger partial charge in [-0.3, -0.25) is 4.79 Å². The van der Waals surface area contributed by atoms with Crippen LogP contribution in [-0.4, -0.2) is 44.7 Å². The Morgan fingerprint density at radius 3 is 2.56 bits per heavy atom. The van der Waals surface area contributed by atoms with Gasteiger partial charge in [-0.2, -0.15) is 18.2 Å². The monoisotopic (exact) mass is 379 g/mol. The smallest absolute Gasteiger partial charge is 0.391 e. The van der Waals surface area contributed by atoms with Crippen molar-refractivity contribution >= 4 is 5.91 Å². The van der Waals surface area contributed by atoms with E-state index in [0.29, 0.717) is 35.4 Å². The molecule has 0 unspecified atom stereocenters. The van der Waals surface area contributed by atoms with Gasteiger partial charge in [0.05, 0.1) is 12.1 Å². The Morgan fingerprint density at radius 2 is 1.93 bits per heavy atom. The number of amides is 1. The summed E-state index contributed by atoms with van der Waals surface area (Å²) in [4.78, 5) is 18.0. The van der Waals surface area contributed by atoms with E-state index in [-0.39, 0.29) is 17.8 Å². The van der Waals surface area contributed by atoms with Crippen molar-refractivity contribution in [1.82, 2.24) is 15.0 Å². The average molecular weight is 379 g/mol. The molecular formula is C18H16F3N3O3. The number of halogens is 3. The van der Waals surface area contributed by atoms with Crippen LogP contribution in [0, 0.1) is 17.8 Å². The van der Waals surface area contributed by atoms with Crippen LogP contribution in [0.5, 0.6) is 0 Å². The maximum atomic E-state index is 12.9. The van der Waals surface area contributed by atoms with Crippen LogP contribution in [0.1, 0.15) is 29.1 Å². The second-order valence-corrected chi connectivity index (χ2v) is 7.59. The SMILES string of the molecule is O=C(c1ccc(-c2noc(C(F)(F)F)n2)cc1)N1C[C@@H]2C[C@H]3C[C@H]2[C@@H]1[C@@H]3O. The first-order valence-corrected chi connectivity index (χ1v) is 8.83. The molecule has 2 bridgehead atoms. The van der Waals surface area contributed by atoms with Crippen LogP contribution in [0.2, 0.25) is 0 Å². The first kappa shape index (κ1) is 16.7. The molecule has 1 aromatic heterocycles. The van der Waals surface area contributed by atoms with Gasteiger partial charge in [0.1, 0.15) is 0 Å². The van der Waals surface area contributed by atoms with Crippen molar-refractivity contribution in [3.8, 4) is 11.4 Å². The summed E-state index contributed by atoms with van der Waals surface area (Å²) < 4.78 is 41.9. The molecule has 2 aromatic rings. The van der Waals surface area contributed by atoms with E-state index in [0.717, 1.165) is 12.8 Å². The molecule has 1 aromatic carbocycles. The van der Waals surface area contributed by atoms with Crippen LogP contribution in [0.3, 0.4) is 0 Å². The summed E-state index contributed by atoms with van der Waals surface area (Å²) in [7, 11) is 0. The number of nitrogens with zero attached hydrogens (tertiary/aromatic N) is 3. The lowest BCUT2D eigenvalue weighted by Crippen LogP contribution is -2.43. The Balaban J connectivity index is 1.36. The van der Waals surface area contributed by atoms with E-state index >= 15 is 0 Å². The number of carbonyl (C=O) groups is 1. The predicted molar refractivity (Wildman–Crippen MR) is 85.3 cm³/mol. The van der Waals surface area contributed by atoms with Crippen molar-refractivity contribution in [2.24, 2.45) is 17.8 Å². The van der Waals surface area contributed by atoms with Gasteiger partial charge in [-0.25, -0.2) is 0 Å². The minimum atomic E-state index is -4.70. The van der Waals surface area contributed by atoms with Crippen LogP contribution in [0.4, 0.5) is 13.2 Å². The average Bonchev–Trinajstić information content (AvgIpc) is 3.36. The molecule has 1 saturated heterocycles. The summed E-state index contributed by atoms with van der Waals surface area (Å²) in [6.45, 7) is 0.656. The molecule has 1 N–H and O–H groups in total. The highest BCUT2D eigenvalue weighted by Crippen LogP contribution is 2.55. The summed E-state index contributed by atoms with van der Waals surface area (Å²) in [5.74, 6) is -0.611. The molecule has 0 radical (unpaired) electrons. The number of likely N-dealkylation sites (tertiary alicyclic amines) is 1. The second-order valence-electron chi connectivity index (χ2n) is 7.59. The molecule has 1 amide bonds. The zero-order valence-electron chi connectivity index (χ0n) is 14.1. The fourth-order valence-corrected chi connectivity index (χ4v) is 5.03. The Morgan fingerprint density at radius 1 is 1.19 bits per heavy atom. The van der Waals surface area contributed by atoms with Gasteiger partial charge in [-0.1, -0.05) is 17.3 Å². The quantitative estimate of drug-likeness (QED) is 0.868. The molecule has 1 aliphatic heterocycles. The number of rotatable bonds is 2. The van der Waals surface area contributed by atoms with Gasteiger partial charge in [-0.15, -0.1) is 0 Å². The van der Waals surface area contributed by atoms with E-state index in [4.69, 9.17) is 0 Å². The molecule has 3 fully saturated rings. The van der Waals surface area contributed by atoms with E-state index in [1.54, 1.807) is 17.0 Å². The summed E-state index contributed by atoms with van der Waals surface area (Å²) in [6, 6.07) is 5.96. The minimum Gasteiger partial charge on any atom is -0.391 e. The third-order valence-corrected chi connectivity index (χ3v) is 6.17. The normalized spacial score (nSPS) is 31.7. The summed E-state index contributed by atoms with van der Waals surface area (Å²) >= 11 is 0. The van der Waals surface area contributed by atoms with Crippen molar-refractivity contribution in [2.45, 2.75) is 31.2 Å². The number of aromatic nitrogens is 2. The van der Waals surface area contributed by atoms with Gasteiger partial charge < -0.3 is 14.5 Å². The Kier molecular flexibility index (Phi) is 3.43. The van der Waals surface area contributed by atoms with Crippen LogP contribution in [-0.2, 0) is 6.18 Å². The Labute approximate surface area is 152 Å². The highest BCUT2D eigenvalue weighted by Gasteiger charge is 2.59. The molecule has 6 nitrogen and oxygen atoms in total. The molecule has 27 heavy (non-hydrogen) atoms. The standard InChI is InChI=1S/C18H16F3N3O3/c19-18(20,21)17-22-15(23-27-17)8-1-3-9(4-2-8)16(26)24-7-11-5-10-6-12(11)13(24)14(10)25/h1-4,10-14,25H,5-7H2/t10-,11-,12+,13+,14+/m0/s1. The number of hydrogen-bond acceptors (Lipinski definition) is 5. The number of fused-ring (bicyclic) bond motifs is 1. The molecule has 142 valence electrons. The number of carbonyl (C=O) groups excluding carboxylic acids is 1. The Hall–Kier alpha value is -2.42. The number of aliphatic hydroxyl groups is 1. The van der Waals surface area contributed by atoms with Gasteiger partial charge in [0.2, 0.25) is 5.82 Å². The number of hydrogen-bond donors (Lipinski definition) is 1. The van der Waals surface area contributed by atoms with Gasteiger partial charge in [0.25, 0.3) is 5.91 Å². The molecule has 2 aliphatic carbocycles. The topological polar surface area (TPSA) is 79.5 Å². The van der Waals surface area contributed by atoms with Crippen molar-refractivity contribution < 1.29 is 27.6 Å². The third kappa shape index (κ3) is 2.48. The van der Waals surface area contributed by atoms with Gasteiger partial charge >= 0.3 is 12.1 Å². The predicted octanol–water partition coefficient (Wildman–Crippen LogP) is 2.60. The molecule has 5 rings (SSSR count). The van der Waals surface area contributed by atoms with E-state index in [2.05, 4.69) is 14.7 Å². The summed E-state index contributed by atoms with van der Waals surface area (Å²) in [6.07, 6.45) is -3.20. The minimum absolute atomic E-state index is 0.118. The van der Waals surface area contributed by atoms with E-state index < -0.39 is 18.2 Å². The number of benzene rings is 1. The fourth-order valence-electron chi connectivity index (χ4n) is 5.03. The van der Waals surface area contributed by atoms with Crippen LogP contribution < -0.4 is 0 Å². The van der Waals surface area contributed by atoms with Crippen molar-refractivity contribution in [1.29, 1.82) is 0 Å². The lowest BCUT2D eigenvalue weighted by atomic mass is 9.88. The zero-order chi connectivity index (χ0) is 18.9. The lowest BCUT2D eigenvalue weighted by Gasteiger charge is -2.29. The molecule has 2 saturated carbocycles. The largest absolute Gasteiger partial charge is 0.471 e. The third-order valence-electron chi connectivity index (χ3n) is 6.17. The van der Waals surface area contributed by atoms with Crippen molar-refractivity contribution in [3.05, 3.63) is 35.7 Å². The zero-order valence-corrected chi connectivity index (χ0v) is 14.1. The number of aliphatic hydroxyl groups excluding tert-OH is 1. The molecule has 3 aliphatic rings. The second kappa shape index (κ2) is 5.54. The van der Waals surface area contributed by atoms with E-state index in [1.165, 1.54) is 12.1 Å². The van der Waals surface area contributed by atoms with Gasteiger partial charge in [0.15, 0.2) is 0 Å². The lowest BCUT2D eigenvalue weighted by molar-refractivity contribution is -0.159. The summed E-state index contributed by atoms with van der Waals surface area (Å²) in [5, 5.41) is 13.8. The highest BCUT2D eigenvalue weighted by atomic mass is 19.4. The maximum Gasteiger partial charge on any atom is 0.471 e. The first-order chi connectivity index (χ1) is 12.8. The molecule has 9 heteroatoms. The van der Waals surface area contributed by atoms with Crippen LogP contribution in [0.15, 0.2) is 28.8 Å². The molecule has 5 atom stereocenters. The van der Waals surface area contributed by atoms with Crippen molar-refractivity contribution in [3.63, 3.8) is 0 Å². The highest BCUT2D eigenvalue weighted by molar-refractivity contribution is 5.95. The first-order valence-electron chi connectivity index (χ1n) is 8.83. The van der Waals surface area contributed by atoms with Gasteiger partial charge in [0, 0.05) is 17.7 Å². The van der Waals surface area contributed by atoms with Crippen LogP contribution in [0.25, 0.3) is 11.4 Å². The molecule has 2 heterocycles. The molecule has 0 spiro atoms. The van der Waals surface area contributed by atoms with Crippen LogP contribution >= 0.6 is 0 Å². The van der Waals surface area contributed by atoms with E-state index in [9.17, 15) is 23.1 Å². The maximum absolute atomic E-state index is 12.9. The fraction of sp³-hybridized carbons (Fsp3) is 0.500.